The van der Waals surface area contributed by atoms with Crippen molar-refractivity contribution in [3.63, 3.8) is 0 Å². The van der Waals surface area contributed by atoms with E-state index in [0.29, 0.717) is 24.2 Å². The van der Waals surface area contributed by atoms with Crippen molar-refractivity contribution in [1.82, 2.24) is 10.6 Å². The van der Waals surface area contributed by atoms with Crippen molar-refractivity contribution < 1.29 is 19.1 Å². The van der Waals surface area contributed by atoms with E-state index >= 15 is 0 Å². The van der Waals surface area contributed by atoms with Gasteiger partial charge in [-0.25, -0.2) is 4.79 Å². The molecule has 0 fully saturated rings. The van der Waals surface area contributed by atoms with E-state index in [-0.39, 0.29) is 11.8 Å². The van der Waals surface area contributed by atoms with Gasteiger partial charge in [0.05, 0.1) is 11.4 Å². The molecule has 3 amide bonds. The summed E-state index contributed by atoms with van der Waals surface area (Å²) in [4.78, 5) is 37.3. The van der Waals surface area contributed by atoms with Gasteiger partial charge in [-0.15, -0.1) is 0 Å². The van der Waals surface area contributed by atoms with E-state index < -0.39 is 29.7 Å². The number of nitrogens with two attached hydrogens (primary N) is 1. The molecule has 0 saturated carbocycles. The first-order chi connectivity index (χ1) is 13.0. The van der Waals surface area contributed by atoms with Gasteiger partial charge in [0.15, 0.2) is 0 Å². The van der Waals surface area contributed by atoms with Crippen LogP contribution in [-0.4, -0.2) is 35.6 Å². The molecule has 28 heavy (non-hydrogen) atoms. The van der Waals surface area contributed by atoms with Gasteiger partial charge in [-0.05, 0) is 44.7 Å². The summed E-state index contributed by atoms with van der Waals surface area (Å²) < 4.78 is 5.25. The molecule has 1 heterocycles. The van der Waals surface area contributed by atoms with Crippen LogP contribution >= 0.6 is 0 Å². The Balaban J connectivity index is 2.08. The van der Waals surface area contributed by atoms with E-state index in [0.717, 1.165) is 5.56 Å². The average Bonchev–Trinajstić information content (AvgIpc) is 2.53. The Kier molecular flexibility index (Phi) is 6.53. The fraction of sp³-hybridized carbons (Fsp3) is 0.550. The van der Waals surface area contributed by atoms with Crippen LogP contribution in [0.4, 0.5) is 16.2 Å². The van der Waals surface area contributed by atoms with Crippen LogP contribution in [0.3, 0.4) is 0 Å². The van der Waals surface area contributed by atoms with Crippen molar-refractivity contribution in [3.8, 4) is 0 Å². The van der Waals surface area contributed by atoms with Gasteiger partial charge in [0.1, 0.15) is 17.7 Å². The number of hydrogen-bond donors (Lipinski definition) is 4. The number of carbonyl (C=O) groups excluding carboxylic acids is 3. The minimum atomic E-state index is -0.801. The molecule has 0 aliphatic carbocycles. The average molecular weight is 390 g/mol. The molecule has 0 bridgehead atoms. The molecule has 8 heteroatoms. The summed E-state index contributed by atoms with van der Waals surface area (Å²) in [6, 6.07) is 3.83. The number of anilines is 2. The Morgan fingerprint density at radius 2 is 2.00 bits per heavy atom. The smallest absolute Gasteiger partial charge is 0.408 e. The van der Waals surface area contributed by atoms with Crippen LogP contribution in [0.2, 0.25) is 0 Å². The number of ether oxygens (including phenoxy) is 1. The Morgan fingerprint density at radius 1 is 1.32 bits per heavy atom. The van der Waals surface area contributed by atoms with Gasteiger partial charge in [-0.3, -0.25) is 9.59 Å². The van der Waals surface area contributed by atoms with Crippen LogP contribution in [0.25, 0.3) is 0 Å². The molecule has 0 spiro atoms. The first-order valence-corrected chi connectivity index (χ1v) is 9.44. The summed E-state index contributed by atoms with van der Waals surface area (Å²) in [6.45, 7) is 9.14. The number of para-hydroxylation sites is 1. The Hall–Kier alpha value is -2.77. The zero-order chi connectivity index (χ0) is 21.1. The lowest BCUT2D eigenvalue weighted by atomic mass is 9.97. The first-order valence-electron chi connectivity index (χ1n) is 9.44. The van der Waals surface area contributed by atoms with Crippen molar-refractivity contribution >= 4 is 29.3 Å². The number of alkyl carbamates (subject to hydrolysis) is 1. The van der Waals surface area contributed by atoms with Crippen molar-refractivity contribution in [2.24, 2.45) is 5.92 Å². The SMILES string of the molecule is CC(C)CC(NC(=O)OC(C)(C)C)C(=O)NC1Cc2cccc(N)c2NC1=O. The van der Waals surface area contributed by atoms with E-state index in [2.05, 4.69) is 16.0 Å². The highest BCUT2D eigenvalue weighted by Crippen LogP contribution is 2.28. The molecule has 8 nitrogen and oxygen atoms in total. The molecule has 1 aliphatic heterocycles. The van der Waals surface area contributed by atoms with Crippen LogP contribution in [0, 0.1) is 5.92 Å². The van der Waals surface area contributed by atoms with Crippen LogP contribution in [0.1, 0.15) is 46.6 Å². The molecule has 2 unspecified atom stereocenters. The third-order valence-corrected chi connectivity index (χ3v) is 4.20. The predicted molar refractivity (Wildman–Crippen MR) is 108 cm³/mol. The lowest BCUT2D eigenvalue weighted by Gasteiger charge is -2.29. The molecule has 5 N–H and O–H groups in total. The molecule has 0 saturated heterocycles. The molecule has 0 aromatic heterocycles. The van der Waals surface area contributed by atoms with E-state index in [1.807, 2.05) is 19.9 Å². The van der Waals surface area contributed by atoms with E-state index in [1.54, 1.807) is 32.9 Å². The molecule has 1 aromatic rings. The quantitative estimate of drug-likeness (QED) is 0.574. The van der Waals surface area contributed by atoms with E-state index in [4.69, 9.17) is 10.5 Å². The molecule has 2 rings (SSSR count). The maximum Gasteiger partial charge on any atom is 0.408 e. The summed E-state index contributed by atoms with van der Waals surface area (Å²) in [7, 11) is 0. The van der Waals surface area contributed by atoms with Gasteiger partial charge in [0.2, 0.25) is 11.8 Å². The van der Waals surface area contributed by atoms with Crippen LogP contribution in [0.15, 0.2) is 18.2 Å². The molecule has 1 aromatic carbocycles. The predicted octanol–water partition coefficient (Wildman–Crippen LogP) is 2.19. The standard InChI is InChI=1S/C20H30N4O4/c1-11(2)9-14(23-19(27)28-20(3,4)5)17(25)22-15-10-12-7-6-8-13(21)16(12)24-18(15)26/h6-8,11,14-15H,9-10,21H2,1-5H3,(H,22,25)(H,23,27)(H,24,26). The Labute approximate surface area is 165 Å². The number of fused-ring (bicyclic) bond motifs is 1. The van der Waals surface area contributed by atoms with Crippen molar-refractivity contribution in [2.45, 2.75) is 65.1 Å². The summed E-state index contributed by atoms with van der Waals surface area (Å²) in [5.74, 6) is -0.599. The third kappa shape index (κ3) is 5.87. The molecule has 0 radical (unpaired) electrons. The van der Waals surface area contributed by atoms with Gasteiger partial charge >= 0.3 is 6.09 Å². The monoisotopic (exact) mass is 390 g/mol. The van der Waals surface area contributed by atoms with Gasteiger partial charge < -0.3 is 26.4 Å². The van der Waals surface area contributed by atoms with Crippen molar-refractivity contribution in [3.05, 3.63) is 23.8 Å². The van der Waals surface area contributed by atoms with Crippen molar-refractivity contribution in [2.75, 3.05) is 11.1 Å². The van der Waals surface area contributed by atoms with Gasteiger partial charge in [0.25, 0.3) is 0 Å². The van der Waals surface area contributed by atoms with Crippen LogP contribution < -0.4 is 21.7 Å². The Morgan fingerprint density at radius 3 is 2.61 bits per heavy atom. The van der Waals surface area contributed by atoms with Gasteiger partial charge in [-0.1, -0.05) is 26.0 Å². The number of hydrogen-bond acceptors (Lipinski definition) is 5. The summed E-state index contributed by atoms with van der Waals surface area (Å²) in [5, 5.41) is 8.10. The summed E-state index contributed by atoms with van der Waals surface area (Å²) >= 11 is 0. The molecule has 154 valence electrons. The Bertz CT molecular complexity index is 755. The number of benzene rings is 1. The number of carbonyl (C=O) groups is 3. The second-order valence-electron chi connectivity index (χ2n) is 8.46. The highest BCUT2D eigenvalue weighted by molar-refractivity contribution is 6.03. The minimum Gasteiger partial charge on any atom is -0.444 e. The fourth-order valence-electron chi connectivity index (χ4n) is 3.01. The van der Waals surface area contributed by atoms with Gasteiger partial charge in [0, 0.05) is 6.42 Å². The topological polar surface area (TPSA) is 123 Å². The van der Waals surface area contributed by atoms with Crippen molar-refractivity contribution in [1.29, 1.82) is 0 Å². The second-order valence-corrected chi connectivity index (χ2v) is 8.46. The van der Waals surface area contributed by atoms with Crippen LogP contribution in [-0.2, 0) is 20.7 Å². The highest BCUT2D eigenvalue weighted by atomic mass is 16.6. The van der Waals surface area contributed by atoms with Gasteiger partial charge in [-0.2, -0.15) is 0 Å². The minimum absolute atomic E-state index is 0.159. The molecule has 2 atom stereocenters. The first kappa shape index (κ1) is 21.5. The summed E-state index contributed by atoms with van der Waals surface area (Å²) in [6.07, 6.45) is 0.0846. The maximum atomic E-state index is 12.8. The molecule has 1 aliphatic rings. The lowest BCUT2D eigenvalue weighted by molar-refractivity contribution is -0.128. The molecular formula is C20H30N4O4. The van der Waals surface area contributed by atoms with Crippen LogP contribution in [0.5, 0.6) is 0 Å². The number of nitrogen functional groups attached to an aromatic ring is 1. The zero-order valence-corrected chi connectivity index (χ0v) is 17.1. The second kappa shape index (κ2) is 8.50. The highest BCUT2D eigenvalue weighted by Gasteiger charge is 2.32. The number of rotatable bonds is 5. The summed E-state index contributed by atoms with van der Waals surface area (Å²) in [5.41, 5.74) is 7.15. The maximum absolute atomic E-state index is 12.8. The lowest BCUT2D eigenvalue weighted by Crippen LogP contribution is -2.55. The largest absolute Gasteiger partial charge is 0.444 e. The van der Waals surface area contributed by atoms with E-state index in [1.165, 1.54) is 0 Å². The molecular weight excluding hydrogens is 360 g/mol. The number of amides is 3. The normalized spacial score (nSPS) is 17.4. The van der Waals surface area contributed by atoms with E-state index in [9.17, 15) is 14.4 Å². The fourth-order valence-corrected chi connectivity index (χ4v) is 3.01. The zero-order valence-electron chi connectivity index (χ0n) is 17.1. The number of nitrogens with one attached hydrogen (secondary N) is 3. The third-order valence-electron chi connectivity index (χ3n) is 4.20.